The Morgan fingerprint density at radius 1 is 1.50 bits per heavy atom. The van der Waals surface area contributed by atoms with Crippen molar-refractivity contribution in [3.8, 4) is 0 Å². The molecule has 2 heterocycles. The second-order valence-electron chi connectivity index (χ2n) is 6.13. The lowest BCUT2D eigenvalue weighted by atomic mass is 9.83. The van der Waals surface area contributed by atoms with E-state index in [1.54, 1.807) is 0 Å². The normalized spacial score (nSPS) is 24.0. The summed E-state index contributed by atoms with van der Waals surface area (Å²) < 4.78 is 2.18. The van der Waals surface area contributed by atoms with E-state index in [-0.39, 0.29) is 0 Å². The smallest absolute Gasteiger partial charge is 0.0492 e. The Morgan fingerprint density at radius 2 is 2.33 bits per heavy atom. The van der Waals surface area contributed by atoms with Crippen LogP contribution in [0.4, 0.5) is 0 Å². The van der Waals surface area contributed by atoms with Gasteiger partial charge in [-0.3, -0.25) is 4.68 Å². The van der Waals surface area contributed by atoms with E-state index in [0.29, 0.717) is 5.54 Å². The first-order chi connectivity index (χ1) is 8.65. The standard InChI is InChI=1S/C15H27N3/c1-4-10-18-14(6-9-17-18)12-15(11-13(2)3)7-5-8-16-15/h6,9,13,16H,4-5,7-8,10-12H2,1-3H3. The van der Waals surface area contributed by atoms with Crippen LogP contribution in [0.25, 0.3) is 0 Å². The van der Waals surface area contributed by atoms with Gasteiger partial charge in [0, 0.05) is 30.4 Å². The average Bonchev–Trinajstić information content (AvgIpc) is 2.90. The molecule has 0 bridgehead atoms. The van der Waals surface area contributed by atoms with Crippen LogP contribution in [0.3, 0.4) is 0 Å². The molecule has 0 aromatic carbocycles. The molecule has 3 nitrogen and oxygen atoms in total. The summed E-state index contributed by atoms with van der Waals surface area (Å²) in [5.41, 5.74) is 1.71. The second kappa shape index (κ2) is 5.87. The SMILES string of the molecule is CCCn1nccc1CC1(CC(C)C)CCCN1. The first-order valence-electron chi connectivity index (χ1n) is 7.41. The predicted molar refractivity (Wildman–Crippen MR) is 75.6 cm³/mol. The van der Waals surface area contributed by atoms with Crippen molar-refractivity contribution in [1.82, 2.24) is 15.1 Å². The highest BCUT2D eigenvalue weighted by Gasteiger charge is 2.34. The van der Waals surface area contributed by atoms with Gasteiger partial charge in [-0.2, -0.15) is 5.10 Å². The molecule has 1 saturated heterocycles. The molecular weight excluding hydrogens is 222 g/mol. The van der Waals surface area contributed by atoms with Gasteiger partial charge in [-0.1, -0.05) is 20.8 Å². The van der Waals surface area contributed by atoms with Crippen LogP contribution in [0.15, 0.2) is 12.3 Å². The molecule has 0 radical (unpaired) electrons. The zero-order valence-electron chi connectivity index (χ0n) is 12.1. The minimum absolute atomic E-state index is 0.319. The molecule has 0 spiro atoms. The van der Waals surface area contributed by atoms with Crippen molar-refractivity contribution >= 4 is 0 Å². The summed E-state index contributed by atoms with van der Waals surface area (Å²) in [7, 11) is 0. The molecule has 3 heteroatoms. The van der Waals surface area contributed by atoms with E-state index in [0.717, 1.165) is 25.3 Å². The number of nitrogens with one attached hydrogen (secondary N) is 1. The molecule has 1 aromatic rings. The van der Waals surface area contributed by atoms with Gasteiger partial charge in [0.15, 0.2) is 0 Å². The third kappa shape index (κ3) is 3.14. The van der Waals surface area contributed by atoms with Crippen molar-refractivity contribution in [3.05, 3.63) is 18.0 Å². The van der Waals surface area contributed by atoms with E-state index in [1.807, 2.05) is 6.20 Å². The van der Waals surface area contributed by atoms with Gasteiger partial charge in [0.1, 0.15) is 0 Å². The van der Waals surface area contributed by atoms with Crippen molar-refractivity contribution in [2.45, 2.75) is 65.0 Å². The van der Waals surface area contributed by atoms with Gasteiger partial charge in [0.05, 0.1) is 0 Å². The number of nitrogens with zero attached hydrogens (tertiary/aromatic N) is 2. The van der Waals surface area contributed by atoms with Crippen LogP contribution in [-0.2, 0) is 13.0 Å². The molecule has 1 unspecified atom stereocenters. The van der Waals surface area contributed by atoms with Gasteiger partial charge in [0.2, 0.25) is 0 Å². The highest BCUT2D eigenvalue weighted by Crippen LogP contribution is 2.30. The van der Waals surface area contributed by atoms with Crippen LogP contribution < -0.4 is 5.32 Å². The van der Waals surface area contributed by atoms with Crippen LogP contribution >= 0.6 is 0 Å². The van der Waals surface area contributed by atoms with Gasteiger partial charge in [-0.25, -0.2) is 0 Å². The molecule has 2 rings (SSSR count). The fourth-order valence-corrected chi connectivity index (χ4v) is 3.32. The van der Waals surface area contributed by atoms with E-state index in [2.05, 4.69) is 41.9 Å². The Kier molecular flexibility index (Phi) is 4.44. The van der Waals surface area contributed by atoms with Crippen molar-refractivity contribution in [1.29, 1.82) is 0 Å². The van der Waals surface area contributed by atoms with E-state index in [9.17, 15) is 0 Å². The van der Waals surface area contributed by atoms with Gasteiger partial charge >= 0.3 is 0 Å². The Hall–Kier alpha value is -0.830. The van der Waals surface area contributed by atoms with E-state index in [4.69, 9.17) is 0 Å². The summed E-state index contributed by atoms with van der Waals surface area (Å²) in [4.78, 5) is 0. The molecule has 1 N–H and O–H groups in total. The Balaban J connectivity index is 2.10. The third-order valence-electron chi connectivity index (χ3n) is 3.89. The molecule has 18 heavy (non-hydrogen) atoms. The number of rotatable bonds is 6. The molecule has 1 fully saturated rings. The fourth-order valence-electron chi connectivity index (χ4n) is 3.32. The lowest BCUT2D eigenvalue weighted by molar-refractivity contribution is 0.294. The van der Waals surface area contributed by atoms with Crippen LogP contribution in [0.1, 0.15) is 52.1 Å². The molecule has 1 aliphatic heterocycles. The maximum atomic E-state index is 4.45. The van der Waals surface area contributed by atoms with Gasteiger partial charge < -0.3 is 5.32 Å². The Bertz CT molecular complexity index is 362. The van der Waals surface area contributed by atoms with E-state index < -0.39 is 0 Å². The maximum absolute atomic E-state index is 4.45. The number of hydrogen-bond acceptors (Lipinski definition) is 2. The quantitative estimate of drug-likeness (QED) is 0.840. The van der Waals surface area contributed by atoms with E-state index >= 15 is 0 Å². The molecule has 0 saturated carbocycles. The molecule has 102 valence electrons. The highest BCUT2D eigenvalue weighted by molar-refractivity contribution is 5.09. The zero-order chi connectivity index (χ0) is 13.0. The fraction of sp³-hybridized carbons (Fsp3) is 0.800. The highest BCUT2D eigenvalue weighted by atomic mass is 15.3. The van der Waals surface area contributed by atoms with Crippen LogP contribution in [0, 0.1) is 5.92 Å². The van der Waals surface area contributed by atoms with Crippen molar-refractivity contribution in [2.24, 2.45) is 5.92 Å². The zero-order valence-corrected chi connectivity index (χ0v) is 12.1. The Labute approximate surface area is 111 Å². The Morgan fingerprint density at radius 3 is 2.94 bits per heavy atom. The average molecular weight is 249 g/mol. The van der Waals surface area contributed by atoms with Crippen LogP contribution in [0.5, 0.6) is 0 Å². The summed E-state index contributed by atoms with van der Waals surface area (Å²) in [5.74, 6) is 0.748. The third-order valence-corrected chi connectivity index (χ3v) is 3.89. The van der Waals surface area contributed by atoms with Gasteiger partial charge in [-0.05, 0) is 44.2 Å². The summed E-state index contributed by atoms with van der Waals surface area (Å²) in [5, 5.41) is 8.22. The molecule has 0 aliphatic carbocycles. The van der Waals surface area contributed by atoms with E-state index in [1.165, 1.54) is 31.5 Å². The lowest BCUT2D eigenvalue weighted by Gasteiger charge is -2.31. The number of aromatic nitrogens is 2. The van der Waals surface area contributed by atoms with Crippen molar-refractivity contribution < 1.29 is 0 Å². The second-order valence-corrected chi connectivity index (χ2v) is 6.13. The largest absolute Gasteiger partial charge is 0.311 e. The van der Waals surface area contributed by atoms with Gasteiger partial charge in [0.25, 0.3) is 0 Å². The number of aryl methyl sites for hydroxylation is 1. The maximum Gasteiger partial charge on any atom is 0.0492 e. The topological polar surface area (TPSA) is 29.9 Å². The molecule has 1 aromatic heterocycles. The minimum Gasteiger partial charge on any atom is -0.311 e. The molecule has 1 aliphatic rings. The summed E-state index contributed by atoms with van der Waals surface area (Å²) in [6, 6.07) is 2.19. The number of hydrogen-bond donors (Lipinski definition) is 1. The summed E-state index contributed by atoms with van der Waals surface area (Å²) >= 11 is 0. The van der Waals surface area contributed by atoms with Crippen LogP contribution in [0.2, 0.25) is 0 Å². The van der Waals surface area contributed by atoms with Crippen LogP contribution in [-0.4, -0.2) is 21.9 Å². The van der Waals surface area contributed by atoms with Gasteiger partial charge in [-0.15, -0.1) is 0 Å². The predicted octanol–water partition coefficient (Wildman–Crippen LogP) is 3.00. The first-order valence-corrected chi connectivity index (χ1v) is 7.41. The first kappa shape index (κ1) is 13.6. The summed E-state index contributed by atoms with van der Waals surface area (Å²) in [6.45, 7) is 9.08. The summed E-state index contributed by atoms with van der Waals surface area (Å²) in [6.07, 6.45) is 8.12. The van der Waals surface area contributed by atoms with Crippen molar-refractivity contribution in [2.75, 3.05) is 6.54 Å². The lowest BCUT2D eigenvalue weighted by Crippen LogP contribution is -2.43. The molecule has 0 amide bonds. The monoisotopic (exact) mass is 249 g/mol. The molecular formula is C15H27N3. The minimum atomic E-state index is 0.319. The molecule has 1 atom stereocenters. The van der Waals surface area contributed by atoms with Crippen molar-refractivity contribution in [3.63, 3.8) is 0 Å².